The first-order valence-corrected chi connectivity index (χ1v) is 6.78. The first-order chi connectivity index (χ1) is 9.65. The Balaban J connectivity index is 1.73. The molecule has 2 unspecified atom stereocenters. The first-order valence-electron chi connectivity index (χ1n) is 6.78. The topological polar surface area (TPSA) is 48.3 Å². The van der Waals surface area contributed by atoms with Crippen molar-refractivity contribution in [3.05, 3.63) is 42.0 Å². The fourth-order valence-corrected chi connectivity index (χ4v) is 2.52. The molecule has 0 amide bonds. The predicted octanol–water partition coefficient (Wildman–Crippen LogP) is 2.56. The number of benzene rings is 1. The Bertz CT molecular complexity index is 609. The molecule has 3 rings (SSSR count). The van der Waals surface area contributed by atoms with Gasteiger partial charge in [0, 0.05) is 25.5 Å². The SMILES string of the molecule is CC(NC(C)c1nccn1C)c1ccc2c(c1)OCO2. The van der Waals surface area contributed by atoms with Crippen molar-refractivity contribution < 1.29 is 9.47 Å². The van der Waals surface area contributed by atoms with Crippen molar-refractivity contribution in [1.82, 2.24) is 14.9 Å². The van der Waals surface area contributed by atoms with Gasteiger partial charge in [-0.05, 0) is 31.5 Å². The molecule has 0 fully saturated rings. The number of rotatable bonds is 4. The molecule has 1 aromatic heterocycles. The Morgan fingerprint density at radius 2 is 2.00 bits per heavy atom. The lowest BCUT2D eigenvalue weighted by atomic mass is 10.1. The number of nitrogens with one attached hydrogen (secondary N) is 1. The van der Waals surface area contributed by atoms with E-state index in [0.717, 1.165) is 17.3 Å². The fraction of sp³-hybridized carbons (Fsp3) is 0.400. The Morgan fingerprint density at radius 3 is 2.75 bits per heavy atom. The van der Waals surface area contributed by atoms with E-state index in [-0.39, 0.29) is 12.1 Å². The predicted molar refractivity (Wildman–Crippen MR) is 75.7 cm³/mol. The van der Waals surface area contributed by atoms with Gasteiger partial charge in [-0.3, -0.25) is 0 Å². The molecule has 0 bridgehead atoms. The van der Waals surface area contributed by atoms with Gasteiger partial charge in [0.05, 0.1) is 6.04 Å². The van der Waals surface area contributed by atoms with Crippen LogP contribution in [-0.4, -0.2) is 16.3 Å². The normalized spacial score (nSPS) is 16.1. The molecule has 1 aliphatic rings. The van der Waals surface area contributed by atoms with Gasteiger partial charge in [-0.1, -0.05) is 6.07 Å². The van der Waals surface area contributed by atoms with Crippen molar-refractivity contribution in [2.75, 3.05) is 6.79 Å². The molecule has 0 radical (unpaired) electrons. The van der Waals surface area contributed by atoms with Gasteiger partial charge in [-0.25, -0.2) is 4.98 Å². The monoisotopic (exact) mass is 273 g/mol. The van der Waals surface area contributed by atoms with Crippen molar-refractivity contribution in [3.8, 4) is 11.5 Å². The van der Waals surface area contributed by atoms with E-state index in [1.165, 1.54) is 5.56 Å². The summed E-state index contributed by atoms with van der Waals surface area (Å²) in [5.41, 5.74) is 1.18. The number of ether oxygens (including phenoxy) is 2. The minimum atomic E-state index is 0.176. The molecule has 20 heavy (non-hydrogen) atoms. The summed E-state index contributed by atoms with van der Waals surface area (Å²) in [7, 11) is 2.01. The second-order valence-electron chi connectivity index (χ2n) is 5.12. The first kappa shape index (κ1) is 13.0. The number of imidazole rings is 1. The Morgan fingerprint density at radius 1 is 1.20 bits per heavy atom. The molecule has 2 heterocycles. The van der Waals surface area contributed by atoms with Gasteiger partial charge in [-0.2, -0.15) is 0 Å². The van der Waals surface area contributed by atoms with E-state index in [1.807, 2.05) is 36.1 Å². The zero-order valence-corrected chi connectivity index (χ0v) is 12.0. The van der Waals surface area contributed by atoms with E-state index in [1.54, 1.807) is 0 Å². The highest BCUT2D eigenvalue weighted by atomic mass is 16.7. The largest absolute Gasteiger partial charge is 0.454 e. The van der Waals surface area contributed by atoms with E-state index < -0.39 is 0 Å². The summed E-state index contributed by atoms with van der Waals surface area (Å²) in [5, 5.41) is 3.55. The van der Waals surface area contributed by atoms with Gasteiger partial charge in [-0.15, -0.1) is 0 Å². The number of nitrogens with zero attached hydrogens (tertiary/aromatic N) is 2. The lowest BCUT2D eigenvalue weighted by Crippen LogP contribution is -2.24. The fourth-order valence-electron chi connectivity index (χ4n) is 2.52. The molecule has 1 aromatic carbocycles. The second-order valence-corrected chi connectivity index (χ2v) is 5.12. The van der Waals surface area contributed by atoms with Crippen molar-refractivity contribution in [1.29, 1.82) is 0 Å². The molecule has 1 N–H and O–H groups in total. The number of fused-ring (bicyclic) bond motifs is 1. The van der Waals surface area contributed by atoms with Crippen LogP contribution in [0.5, 0.6) is 11.5 Å². The van der Waals surface area contributed by atoms with Crippen LogP contribution in [0.4, 0.5) is 0 Å². The summed E-state index contributed by atoms with van der Waals surface area (Å²) in [4.78, 5) is 4.38. The number of hydrogen-bond acceptors (Lipinski definition) is 4. The highest BCUT2D eigenvalue weighted by molar-refractivity contribution is 5.45. The number of aromatic nitrogens is 2. The van der Waals surface area contributed by atoms with E-state index in [2.05, 4.69) is 30.2 Å². The van der Waals surface area contributed by atoms with Gasteiger partial charge < -0.3 is 19.4 Å². The maximum atomic E-state index is 5.42. The highest BCUT2D eigenvalue weighted by Crippen LogP contribution is 2.34. The summed E-state index contributed by atoms with van der Waals surface area (Å²) in [5.74, 6) is 2.66. The summed E-state index contributed by atoms with van der Waals surface area (Å²) >= 11 is 0. The maximum Gasteiger partial charge on any atom is 0.231 e. The quantitative estimate of drug-likeness (QED) is 0.930. The highest BCUT2D eigenvalue weighted by Gasteiger charge is 2.18. The number of aryl methyl sites for hydroxylation is 1. The Labute approximate surface area is 118 Å². The minimum Gasteiger partial charge on any atom is -0.454 e. The van der Waals surface area contributed by atoms with Gasteiger partial charge in [0.15, 0.2) is 11.5 Å². The zero-order chi connectivity index (χ0) is 14.1. The average Bonchev–Trinajstić information content (AvgIpc) is 3.05. The van der Waals surface area contributed by atoms with Crippen molar-refractivity contribution in [2.45, 2.75) is 25.9 Å². The molecule has 106 valence electrons. The summed E-state index contributed by atoms with van der Waals surface area (Å²) in [6.45, 7) is 4.56. The van der Waals surface area contributed by atoms with Crippen LogP contribution in [0.2, 0.25) is 0 Å². The van der Waals surface area contributed by atoms with Crippen LogP contribution in [-0.2, 0) is 7.05 Å². The molecule has 2 atom stereocenters. The Kier molecular flexibility index (Phi) is 3.36. The van der Waals surface area contributed by atoms with Crippen LogP contribution >= 0.6 is 0 Å². The lowest BCUT2D eigenvalue weighted by Gasteiger charge is -2.20. The molecular formula is C15H19N3O2. The van der Waals surface area contributed by atoms with Crippen molar-refractivity contribution in [2.24, 2.45) is 7.05 Å². The summed E-state index contributed by atoms with van der Waals surface area (Å²) in [6.07, 6.45) is 3.78. The molecule has 0 saturated heterocycles. The van der Waals surface area contributed by atoms with Gasteiger partial charge in [0.2, 0.25) is 6.79 Å². The maximum absolute atomic E-state index is 5.42. The van der Waals surface area contributed by atoms with Crippen LogP contribution < -0.4 is 14.8 Å². The second kappa shape index (κ2) is 5.17. The Hall–Kier alpha value is -2.01. The molecular weight excluding hydrogens is 254 g/mol. The van der Waals surface area contributed by atoms with Crippen LogP contribution in [0.3, 0.4) is 0 Å². The van der Waals surface area contributed by atoms with E-state index in [4.69, 9.17) is 9.47 Å². The molecule has 0 aliphatic carbocycles. The third-order valence-electron chi connectivity index (χ3n) is 3.64. The van der Waals surface area contributed by atoms with Crippen molar-refractivity contribution in [3.63, 3.8) is 0 Å². The molecule has 0 saturated carbocycles. The van der Waals surface area contributed by atoms with Crippen LogP contribution in [0.15, 0.2) is 30.6 Å². The lowest BCUT2D eigenvalue weighted by molar-refractivity contribution is 0.174. The van der Waals surface area contributed by atoms with E-state index in [9.17, 15) is 0 Å². The van der Waals surface area contributed by atoms with E-state index >= 15 is 0 Å². The average molecular weight is 273 g/mol. The number of hydrogen-bond donors (Lipinski definition) is 1. The minimum absolute atomic E-state index is 0.176. The summed E-state index contributed by atoms with van der Waals surface area (Å²) in [6, 6.07) is 6.44. The third-order valence-corrected chi connectivity index (χ3v) is 3.64. The third kappa shape index (κ3) is 2.36. The zero-order valence-electron chi connectivity index (χ0n) is 12.0. The van der Waals surface area contributed by atoms with Crippen LogP contribution in [0.1, 0.15) is 37.3 Å². The van der Waals surface area contributed by atoms with E-state index in [0.29, 0.717) is 6.79 Å². The molecule has 0 spiro atoms. The standard InChI is InChI=1S/C15H19N3O2/c1-10(17-11(2)15-16-6-7-18(15)3)12-4-5-13-14(8-12)20-9-19-13/h4-8,10-11,17H,9H2,1-3H3. The molecule has 2 aromatic rings. The smallest absolute Gasteiger partial charge is 0.231 e. The molecule has 5 heteroatoms. The van der Waals surface area contributed by atoms with Crippen LogP contribution in [0.25, 0.3) is 0 Å². The molecule has 1 aliphatic heterocycles. The van der Waals surface area contributed by atoms with Gasteiger partial charge >= 0.3 is 0 Å². The van der Waals surface area contributed by atoms with Gasteiger partial charge in [0.25, 0.3) is 0 Å². The van der Waals surface area contributed by atoms with Crippen LogP contribution in [0, 0.1) is 0 Å². The molecule has 5 nitrogen and oxygen atoms in total. The van der Waals surface area contributed by atoms with Gasteiger partial charge in [0.1, 0.15) is 5.82 Å². The summed E-state index contributed by atoms with van der Waals surface area (Å²) < 4.78 is 12.8. The van der Waals surface area contributed by atoms with Crippen molar-refractivity contribution >= 4 is 0 Å².